The van der Waals surface area contributed by atoms with Crippen molar-refractivity contribution in [1.82, 2.24) is 4.98 Å². The number of anilines is 1. The van der Waals surface area contributed by atoms with E-state index in [-0.39, 0.29) is 0 Å². The molecule has 0 saturated heterocycles. The second kappa shape index (κ2) is 4.90. The molecule has 19 heavy (non-hydrogen) atoms. The van der Waals surface area contributed by atoms with Gasteiger partial charge in [-0.25, -0.2) is 4.98 Å². The third-order valence-electron chi connectivity index (χ3n) is 2.83. The zero-order valence-electron chi connectivity index (χ0n) is 10.0. The summed E-state index contributed by atoms with van der Waals surface area (Å²) >= 11 is 3.35. The van der Waals surface area contributed by atoms with Crippen molar-refractivity contribution in [3.05, 3.63) is 59.2 Å². The molecule has 0 atom stereocenters. The van der Waals surface area contributed by atoms with Gasteiger partial charge >= 0.3 is 0 Å². The van der Waals surface area contributed by atoms with Gasteiger partial charge in [-0.05, 0) is 34.1 Å². The number of pyridine rings is 1. The van der Waals surface area contributed by atoms with Gasteiger partial charge in [0.15, 0.2) is 0 Å². The normalized spacial score (nSPS) is 10.6. The number of hydrogen-bond donors (Lipinski definition) is 1. The largest absolute Gasteiger partial charge is 0.438 e. The first-order valence-corrected chi connectivity index (χ1v) is 6.60. The van der Waals surface area contributed by atoms with Crippen LogP contribution >= 0.6 is 15.9 Å². The minimum atomic E-state index is 0.554. The second-order valence-corrected chi connectivity index (χ2v) is 5.03. The molecular weight excluding hydrogens is 304 g/mol. The fourth-order valence-corrected chi connectivity index (χ4v) is 2.15. The van der Waals surface area contributed by atoms with Crippen LogP contribution in [0.2, 0.25) is 0 Å². The van der Waals surface area contributed by atoms with Gasteiger partial charge in [0.2, 0.25) is 5.88 Å². The van der Waals surface area contributed by atoms with E-state index in [0.29, 0.717) is 5.88 Å². The highest BCUT2D eigenvalue weighted by molar-refractivity contribution is 9.10. The van der Waals surface area contributed by atoms with Crippen LogP contribution in [0.3, 0.4) is 0 Å². The number of fused-ring (bicyclic) bond motifs is 1. The first kappa shape index (κ1) is 12.0. The van der Waals surface area contributed by atoms with E-state index in [1.165, 1.54) is 0 Å². The number of halogens is 1. The summed E-state index contributed by atoms with van der Waals surface area (Å²) in [6, 6.07) is 15.3. The fraction of sp³-hybridized carbons (Fsp3) is 0. The molecule has 0 saturated carbocycles. The van der Waals surface area contributed by atoms with Crippen LogP contribution in [0.4, 0.5) is 5.69 Å². The Kier molecular flexibility index (Phi) is 3.09. The van der Waals surface area contributed by atoms with E-state index in [9.17, 15) is 0 Å². The maximum Gasteiger partial charge on any atom is 0.219 e. The summed E-state index contributed by atoms with van der Waals surface area (Å²) < 4.78 is 6.73. The molecule has 0 fully saturated rings. The standard InChI is InChI=1S/C15H11BrN2O/c16-10-5-8-15(18-9-10)19-14-7-6-13(17)11-3-1-2-4-12(11)14/h1-9H,17H2. The van der Waals surface area contributed by atoms with Crippen molar-refractivity contribution in [2.75, 3.05) is 5.73 Å². The summed E-state index contributed by atoms with van der Waals surface area (Å²) in [5.41, 5.74) is 6.70. The van der Waals surface area contributed by atoms with Gasteiger partial charge in [-0.15, -0.1) is 0 Å². The number of nitrogens with two attached hydrogens (primary N) is 1. The van der Waals surface area contributed by atoms with Crippen LogP contribution in [-0.2, 0) is 0 Å². The van der Waals surface area contributed by atoms with Crippen LogP contribution in [0.5, 0.6) is 11.6 Å². The Hall–Kier alpha value is -2.07. The average molecular weight is 315 g/mol. The van der Waals surface area contributed by atoms with Gasteiger partial charge in [0, 0.05) is 33.2 Å². The summed E-state index contributed by atoms with van der Waals surface area (Å²) in [7, 11) is 0. The van der Waals surface area contributed by atoms with Crippen LogP contribution in [0, 0.1) is 0 Å². The summed E-state index contributed by atoms with van der Waals surface area (Å²) in [5.74, 6) is 1.30. The van der Waals surface area contributed by atoms with E-state index in [1.807, 2.05) is 48.5 Å². The smallest absolute Gasteiger partial charge is 0.219 e. The van der Waals surface area contributed by atoms with Crippen molar-refractivity contribution >= 4 is 32.4 Å². The molecule has 1 heterocycles. The van der Waals surface area contributed by atoms with Gasteiger partial charge < -0.3 is 10.5 Å². The molecule has 0 aliphatic carbocycles. The van der Waals surface area contributed by atoms with Gasteiger partial charge in [0.1, 0.15) is 5.75 Å². The molecule has 2 aromatic carbocycles. The first-order chi connectivity index (χ1) is 9.24. The molecule has 1 aromatic heterocycles. The lowest BCUT2D eigenvalue weighted by atomic mass is 10.1. The predicted octanol–water partition coefficient (Wildman–Crippen LogP) is 4.37. The topological polar surface area (TPSA) is 48.1 Å². The van der Waals surface area contributed by atoms with E-state index in [4.69, 9.17) is 10.5 Å². The number of ether oxygens (including phenoxy) is 1. The third-order valence-corrected chi connectivity index (χ3v) is 3.30. The number of hydrogen-bond acceptors (Lipinski definition) is 3. The minimum Gasteiger partial charge on any atom is -0.438 e. The molecule has 0 bridgehead atoms. The molecule has 3 aromatic rings. The zero-order valence-corrected chi connectivity index (χ0v) is 11.6. The van der Waals surface area contributed by atoms with Gasteiger partial charge in [-0.1, -0.05) is 24.3 Å². The minimum absolute atomic E-state index is 0.554. The molecule has 3 nitrogen and oxygen atoms in total. The lowest BCUT2D eigenvalue weighted by Crippen LogP contribution is -1.91. The number of nitrogens with zero attached hydrogens (tertiary/aromatic N) is 1. The van der Waals surface area contributed by atoms with Gasteiger partial charge in [-0.2, -0.15) is 0 Å². The van der Waals surface area contributed by atoms with E-state index in [2.05, 4.69) is 20.9 Å². The summed E-state index contributed by atoms with van der Waals surface area (Å²) in [6.45, 7) is 0. The summed E-state index contributed by atoms with van der Waals surface area (Å²) in [4.78, 5) is 4.20. The Morgan fingerprint density at radius 3 is 2.47 bits per heavy atom. The van der Waals surface area contributed by atoms with E-state index in [0.717, 1.165) is 26.7 Å². The highest BCUT2D eigenvalue weighted by Gasteiger charge is 2.06. The second-order valence-electron chi connectivity index (χ2n) is 4.12. The van der Waals surface area contributed by atoms with Crippen molar-refractivity contribution < 1.29 is 4.74 Å². The van der Waals surface area contributed by atoms with E-state index >= 15 is 0 Å². The Bertz CT molecular complexity index is 726. The van der Waals surface area contributed by atoms with Crippen LogP contribution in [0.15, 0.2) is 59.2 Å². The molecule has 0 spiro atoms. The molecular formula is C15H11BrN2O. The first-order valence-electron chi connectivity index (χ1n) is 5.81. The number of nitrogen functional groups attached to an aromatic ring is 1. The summed E-state index contributed by atoms with van der Waals surface area (Å²) in [5, 5.41) is 1.96. The molecule has 3 rings (SSSR count). The number of rotatable bonds is 2. The van der Waals surface area contributed by atoms with Crippen molar-refractivity contribution in [2.45, 2.75) is 0 Å². The predicted molar refractivity (Wildman–Crippen MR) is 80.4 cm³/mol. The van der Waals surface area contributed by atoms with Crippen molar-refractivity contribution in [2.24, 2.45) is 0 Å². The Labute approximate surface area is 119 Å². The van der Waals surface area contributed by atoms with Crippen LogP contribution in [0.25, 0.3) is 10.8 Å². The maximum atomic E-state index is 5.96. The maximum absolute atomic E-state index is 5.96. The average Bonchev–Trinajstić information content (AvgIpc) is 2.45. The molecule has 0 radical (unpaired) electrons. The van der Waals surface area contributed by atoms with Crippen molar-refractivity contribution in [3.8, 4) is 11.6 Å². The summed E-state index contributed by atoms with van der Waals surface area (Å²) in [6.07, 6.45) is 1.70. The lowest BCUT2D eigenvalue weighted by molar-refractivity contribution is 0.468. The molecule has 4 heteroatoms. The lowest BCUT2D eigenvalue weighted by Gasteiger charge is -2.09. The quantitative estimate of drug-likeness (QED) is 0.714. The van der Waals surface area contributed by atoms with Crippen LogP contribution < -0.4 is 10.5 Å². The highest BCUT2D eigenvalue weighted by Crippen LogP contribution is 2.32. The SMILES string of the molecule is Nc1ccc(Oc2ccc(Br)cn2)c2ccccc12. The number of aromatic nitrogens is 1. The van der Waals surface area contributed by atoms with Crippen molar-refractivity contribution in [1.29, 1.82) is 0 Å². The third kappa shape index (κ3) is 2.39. The number of benzene rings is 2. The monoisotopic (exact) mass is 314 g/mol. The zero-order chi connectivity index (χ0) is 13.2. The van der Waals surface area contributed by atoms with Crippen molar-refractivity contribution in [3.63, 3.8) is 0 Å². The Balaban J connectivity index is 2.06. The van der Waals surface area contributed by atoms with Crippen LogP contribution in [-0.4, -0.2) is 4.98 Å². The molecule has 0 amide bonds. The van der Waals surface area contributed by atoms with Gasteiger partial charge in [0.25, 0.3) is 0 Å². The van der Waals surface area contributed by atoms with Crippen LogP contribution in [0.1, 0.15) is 0 Å². The van der Waals surface area contributed by atoms with Gasteiger partial charge in [0.05, 0.1) is 0 Å². The molecule has 0 aliphatic rings. The van der Waals surface area contributed by atoms with E-state index in [1.54, 1.807) is 6.20 Å². The molecule has 0 unspecified atom stereocenters. The molecule has 0 aliphatic heterocycles. The fourth-order valence-electron chi connectivity index (χ4n) is 1.92. The highest BCUT2D eigenvalue weighted by atomic mass is 79.9. The molecule has 2 N–H and O–H groups in total. The molecule has 94 valence electrons. The Morgan fingerprint density at radius 2 is 1.74 bits per heavy atom. The Morgan fingerprint density at radius 1 is 0.947 bits per heavy atom. The van der Waals surface area contributed by atoms with E-state index < -0.39 is 0 Å². The van der Waals surface area contributed by atoms with Gasteiger partial charge in [-0.3, -0.25) is 0 Å².